The van der Waals surface area contributed by atoms with E-state index in [0.717, 1.165) is 12.8 Å². The normalized spacial score (nSPS) is 19.3. The summed E-state index contributed by atoms with van der Waals surface area (Å²) in [5.74, 6) is -2.24. The standard InChI is InChI=1S/C13H13BrFNO3/c14-8-4-5-10(15)9(7-8)12(17)16-6-2-1-3-11(16)13(18)19/h4-5,7,11H,1-3,6H2,(H,18,19). The van der Waals surface area contributed by atoms with Crippen molar-refractivity contribution in [2.45, 2.75) is 25.3 Å². The van der Waals surface area contributed by atoms with E-state index >= 15 is 0 Å². The van der Waals surface area contributed by atoms with Gasteiger partial charge >= 0.3 is 5.97 Å². The maximum Gasteiger partial charge on any atom is 0.326 e. The van der Waals surface area contributed by atoms with Gasteiger partial charge in [0.1, 0.15) is 11.9 Å². The van der Waals surface area contributed by atoms with E-state index in [-0.39, 0.29) is 5.56 Å². The molecule has 1 saturated heterocycles. The first-order valence-electron chi connectivity index (χ1n) is 5.99. The van der Waals surface area contributed by atoms with Crippen LogP contribution in [0.4, 0.5) is 4.39 Å². The Hall–Kier alpha value is -1.43. The third kappa shape index (κ3) is 2.94. The molecule has 4 nitrogen and oxygen atoms in total. The average molecular weight is 330 g/mol. The predicted molar refractivity (Wildman–Crippen MR) is 70.4 cm³/mol. The van der Waals surface area contributed by atoms with Crippen LogP contribution in [0.1, 0.15) is 29.6 Å². The Bertz CT molecular complexity index is 521. The van der Waals surface area contributed by atoms with Crippen molar-refractivity contribution in [1.82, 2.24) is 4.90 Å². The molecule has 0 spiro atoms. The molecule has 0 bridgehead atoms. The van der Waals surface area contributed by atoms with E-state index in [9.17, 15) is 14.0 Å². The number of hydrogen-bond donors (Lipinski definition) is 1. The van der Waals surface area contributed by atoms with Gasteiger partial charge in [0, 0.05) is 11.0 Å². The number of carbonyl (C=O) groups excluding carboxylic acids is 1. The zero-order valence-corrected chi connectivity index (χ0v) is 11.7. The van der Waals surface area contributed by atoms with Gasteiger partial charge in [0.25, 0.3) is 5.91 Å². The number of aliphatic carboxylic acids is 1. The summed E-state index contributed by atoms with van der Waals surface area (Å²) in [5.41, 5.74) is -0.0949. The van der Waals surface area contributed by atoms with Crippen LogP contribution in [-0.4, -0.2) is 34.5 Å². The average Bonchev–Trinajstić information content (AvgIpc) is 2.40. The zero-order valence-electron chi connectivity index (χ0n) is 10.1. The Morgan fingerprint density at radius 2 is 2.11 bits per heavy atom. The number of carbonyl (C=O) groups is 2. The molecular formula is C13H13BrFNO3. The minimum atomic E-state index is -1.04. The maximum absolute atomic E-state index is 13.7. The van der Waals surface area contributed by atoms with E-state index < -0.39 is 23.7 Å². The number of carboxylic acid groups (broad SMARTS) is 1. The van der Waals surface area contributed by atoms with E-state index in [1.54, 1.807) is 0 Å². The fourth-order valence-electron chi connectivity index (χ4n) is 2.25. The Balaban J connectivity index is 2.31. The lowest BCUT2D eigenvalue weighted by molar-refractivity contribution is -0.143. The van der Waals surface area contributed by atoms with Crippen molar-refractivity contribution < 1.29 is 19.1 Å². The van der Waals surface area contributed by atoms with Gasteiger partial charge in [0.05, 0.1) is 5.56 Å². The largest absolute Gasteiger partial charge is 0.480 e. The summed E-state index contributed by atoms with van der Waals surface area (Å²) in [5, 5.41) is 9.13. The second-order valence-corrected chi connectivity index (χ2v) is 5.39. The summed E-state index contributed by atoms with van der Waals surface area (Å²) < 4.78 is 14.3. The summed E-state index contributed by atoms with van der Waals surface area (Å²) in [4.78, 5) is 24.7. The van der Waals surface area contributed by atoms with Crippen molar-refractivity contribution in [3.8, 4) is 0 Å². The van der Waals surface area contributed by atoms with Gasteiger partial charge in [-0.15, -0.1) is 0 Å². The molecule has 1 fully saturated rings. The lowest BCUT2D eigenvalue weighted by Gasteiger charge is -2.33. The van der Waals surface area contributed by atoms with Crippen molar-refractivity contribution >= 4 is 27.8 Å². The van der Waals surface area contributed by atoms with Crippen LogP contribution < -0.4 is 0 Å². The van der Waals surface area contributed by atoms with Crippen LogP contribution in [-0.2, 0) is 4.79 Å². The van der Waals surface area contributed by atoms with E-state index in [1.165, 1.54) is 23.1 Å². The summed E-state index contributed by atoms with van der Waals surface area (Å²) in [6.07, 6.45) is 1.92. The quantitative estimate of drug-likeness (QED) is 0.907. The minimum absolute atomic E-state index is 0.0949. The Morgan fingerprint density at radius 1 is 1.37 bits per heavy atom. The highest BCUT2D eigenvalue weighted by Gasteiger charge is 2.33. The van der Waals surface area contributed by atoms with Gasteiger partial charge in [-0.05, 0) is 37.5 Å². The monoisotopic (exact) mass is 329 g/mol. The van der Waals surface area contributed by atoms with Crippen molar-refractivity contribution in [3.05, 3.63) is 34.1 Å². The van der Waals surface area contributed by atoms with E-state index in [2.05, 4.69) is 15.9 Å². The van der Waals surface area contributed by atoms with E-state index in [1.807, 2.05) is 0 Å². The van der Waals surface area contributed by atoms with Crippen molar-refractivity contribution in [2.24, 2.45) is 0 Å². The highest BCUT2D eigenvalue weighted by Crippen LogP contribution is 2.23. The van der Waals surface area contributed by atoms with Gasteiger partial charge in [-0.1, -0.05) is 15.9 Å². The summed E-state index contributed by atoms with van der Waals surface area (Å²) in [6.45, 7) is 0.349. The molecule has 1 aromatic rings. The Kier molecular flexibility index (Phi) is 4.19. The summed E-state index contributed by atoms with van der Waals surface area (Å²) in [6, 6.07) is 3.21. The van der Waals surface area contributed by atoms with Crippen LogP contribution in [0.2, 0.25) is 0 Å². The van der Waals surface area contributed by atoms with Crippen molar-refractivity contribution in [2.75, 3.05) is 6.54 Å². The number of piperidine rings is 1. The molecule has 1 amide bonds. The third-order valence-corrected chi connectivity index (χ3v) is 3.70. The van der Waals surface area contributed by atoms with Crippen LogP contribution in [0.25, 0.3) is 0 Å². The molecule has 6 heteroatoms. The number of rotatable bonds is 2. The molecule has 1 aliphatic rings. The maximum atomic E-state index is 13.7. The van der Waals surface area contributed by atoms with Gasteiger partial charge in [0.15, 0.2) is 0 Å². The molecule has 1 heterocycles. The van der Waals surface area contributed by atoms with Crippen LogP contribution in [0.5, 0.6) is 0 Å². The molecule has 1 N–H and O–H groups in total. The first-order chi connectivity index (χ1) is 9.00. The fraction of sp³-hybridized carbons (Fsp3) is 0.385. The molecule has 0 aliphatic carbocycles. The highest BCUT2D eigenvalue weighted by molar-refractivity contribution is 9.10. The summed E-state index contributed by atoms with van der Waals surface area (Å²) >= 11 is 3.18. The second kappa shape index (κ2) is 5.69. The first kappa shape index (κ1) is 14.0. The smallest absolute Gasteiger partial charge is 0.326 e. The SMILES string of the molecule is O=C(O)C1CCCCN1C(=O)c1cc(Br)ccc1F. The number of amides is 1. The van der Waals surface area contributed by atoms with Gasteiger partial charge in [0.2, 0.25) is 0 Å². The minimum Gasteiger partial charge on any atom is -0.480 e. The Labute approximate surface area is 118 Å². The number of halogens is 2. The molecular weight excluding hydrogens is 317 g/mol. The molecule has 1 aliphatic heterocycles. The van der Waals surface area contributed by atoms with Crippen LogP contribution in [0, 0.1) is 5.82 Å². The highest BCUT2D eigenvalue weighted by atomic mass is 79.9. The van der Waals surface area contributed by atoms with Crippen LogP contribution >= 0.6 is 15.9 Å². The number of nitrogens with zero attached hydrogens (tertiary/aromatic N) is 1. The molecule has 1 atom stereocenters. The van der Waals surface area contributed by atoms with Gasteiger partial charge in [-0.2, -0.15) is 0 Å². The van der Waals surface area contributed by atoms with E-state index in [0.29, 0.717) is 17.4 Å². The van der Waals surface area contributed by atoms with Gasteiger partial charge < -0.3 is 10.0 Å². The summed E-state index contributed by atoms with van der Waals surface area (Å²) in [7, 11) is 0. The van der Waals surface area contributed by atoms with Crippen LogP contribution in [0.3, 0.4) is 0 Å². The molecule has 19 heavy (non-hydrogen) atoms. The topological polar surface area (TPSA) is 57.6 Å². The van der Waals surface area contributed by atoms with E-state index in [4.69, 9.17) is 5.11 Å². The van der Waals surface area contributed by atoms with Crippen molar-refractivity contribution in [3.63, 3.8) is 0 Å². The number of benzene rings is 1. The van der Waals surface area contributed by atoms with Gasteiger partial charge in [-0.25, -0.2) is 9.18 Å². The second-order valence-electron chi connectivity index (χ2n) is 4.47. The predicted octanol–water partition coefficient (Wildman–Crippen LogP) is 2.67. The molecule has 0 radical (unpaired) electrons. The van der Waals surface area contributed by atoms with Gasteiger partial charge in [-0.3, -0.25) is 4.79 Å². The Morgan fingerprint density at radius 3 is 2.79 bits per heavy atom. The molecule has 0 aromatic heterocycles. The van der Waals surface area contributed by atoms with Crippen molar-refractivity contribution in [1.29, 1.82) is 0 Å². The number of carboxylic acids is 1. The molecule has 1 aromatic carbocycles. The molecule has 102 valence electrons. The zero-order chi connectivity index (χ0) is 14.0. The molecule has 2 rings (SSSR count). The van der Waals surface area contributed by atoms with Crippen LogP contribution in [0.15, 0.2) is 22.7 Å². The molecule has 0 saturated carbocycles. The lowest BCUT2D eigenvalue weighted by Crippen LogP contribution is -2.48. The number of likely N-dealkylation sites (tertiary alicyclic amines) is 1. The third-order valence-electron chi connectivity index (χ3n) is 3.21. The number of hydrogen-bond acceptors (Lipinski definition) is 2. The first-order valence-corrected chi connectivity index (χ1v) is 6.79. The lowest BCUT2D eigenvalue weighted by atomic mass is 10.0. The fourth-order valence-corrected chi connectivity index (χ4v) is 2.61. The molecule has 1 unspecified atom stereocenters.